The number of amides is 2. The van der Waals surface area contributed by atoms with Crippen molar-refractivity contribution in [1.82, 2.24) is 9.88 Å². The second-order valence-electron chi connectivity index (χ2n) is 8.86. The molecule has 3 aromatic rings. The fraction of sp³-hybridized carbons (Fsp3) is 0.440. The Morgan fingerprint density at radius 2 is 1.77 bits per heavy atom. The fourth-order valence-electron chi connectivity index (χ4n) is 4.31. The van der Waals surface area contributed by atoms with Crippen molar-refractivity contribution in [2.24, 2.45) is 0 Å². The van der Waals surface area contributed by atoms with Crippen molar-refractivity contribution in [1.29, 1.82) is 0 Å². The van der Waals surface area contributed by atoms with Gasteiger partial charge in [-0.05, 0) is 47.9 Å². The van der Waals surface area contributed by atoms with E-state index in [0.29, 0.717) is 18.4 Å². The molecule has 1 aliphatic heterocycles. The molecule has 1 N–H and O–H groups in total. The van der Waals surface area contributed by atoms with Crippen molar-refractivity contribution in [3.63, 3.8) is 0 Å². The smallest absolute Gasteiger partial charge is 0.321 e. The molecule has 2 aromatic carbocycles. The minimum absolute atomic E-state index is 0.0363. The Morgan fingerprint density at radius 3 is 2.43 bits per heavy atom. The zero-order chi connectivity index (χ0) is 21.3. The molecule has 2 heterocycles. The number of oxazole rings is 1. The van der Waals surface area contributed by atoms with E-state index in [0.717, 1.165) is 42.1 Å². The first-order valence-electron chi connectivity index (χ1n) is 11.0. The largest absolute Gasteiger partial charge is 0.440 e. The fourth-order valence-corrected chi connectivity index (χ4v) is 4.31. The zero-order valence-corrected chi connectivity index (χ0v) is 18.3. The van der Waals surface area contributed by atoms with Crippen LogP contribution in [0, 0.1) is 0 Å². The summed E-state index contributed by atoms with van der Waals surface area (Å²) in [7, 11) is 0. The maximum Gasteiger partial charge on any atom is 0.321 e. The molecule has 158 valence electrons. The van der Waals surface area contributed by atoms with Crippen LogP contribution in [0.2, 0.25) is 0 Å². The van der Waals surface area contributed by atoms with Gasteiger partial charge in [-0.15, -0.1) is 0 Å². The third-order valence-corrected chi connectivity index (χ3v) is 5.97. The average molecular weight is 406 g/mol. The summed E-state index contributed by atoms with van der Waals surface area (Å²) in [5.74, 6) is 1.54. The number of benzene rings is 2. The van der Waals surface area contributed by atoms with Crippen molar-refractivity contribution in [3.05, 3.63) is 59.5 Å². The molecule has 0 radical (unpaired) electrons. The van der Waals surface area contributed by atoms with Crippen LogP contribution >= 0.6 is 0 Å². The number of hydrogen-bond acceptors (Lipinski definition) is 3. The molecule has 0 saturated carbocycles. The first-order chi connectivity index (χ1) is 14.4. The number of fused-ring (bicyclic) bond motifs is 1. The van der Waals surface area contributed by atoms with Gasteiger partial charge in [0.25, 0.3) is 0 Å². The van der Waals surface area contributed by atoms with Crippen LogP contribution in [-0.2, 0) is 0 Å². The Morgan fingerprint density at radius 1 is 1.07 bits per heavy atom. The van der Waals surface area contributed by atoms with Gasteiger partial charge in [0, 0.05) is 18.8 Å². The number of anilines is 1. The molecule has 0 bridgehead atoms. The van der Waals surface area contributed by atoms with Gasteiger partial charge in [0.05, 0.1) is 5.92 Å². The monoisotopic (exact) mass is 405 g/mol. The third-order valence-electron chi connectivity index (χ3n) is 5.97. The van der Waals surface area contributed by atoms with Crippen LogP contribution in [-0.4, -0.2) is 29.0 Å². The highest BCUT2D eigenvalue weighted by Crippen LogP contribution is 2.34. The van der Waals surface area contributed by atoms with Crippen LogP contribution in [0.15, 0.2) is 46.9 Å². The van der Waals surface area contributed by atoms with Crippen molar-refractivity contribution in [3.8, 4) is 0 Å². The Hall–Kier alpha value is -2.82. The standard InChI is InChI=1S/C25H31N3O2/c1-16(2)19-10-7-11-20(17(3)4)23(19)27-25(29)28-14-8-9-18(15-28)24-26-21-12-5-6-13-22(21)30-24/h5-7,10-13,16-18H,8-9,14-15H2,1-4H3,(H,27,29)/t18-/m1/s1. The predicted octanol–water partition coefficient (Wildman–Crippen LogP) is 6.49. The number of carbonyl (C=O) groups excluding carboxylic acids is 1. The third kappa shape index (κ3) is 4.07. The van der Waals surface area contributed by atoms with Crippen molar-refractivity contribution >= 4 is 22.8 Å². The van der Waals surface area contributed by atoms with Gasteiger partial charge in [-0.1, -0.05) is 58.0 Å². The number of rotatable bonds is 4. The van der Waals surface area contributed by atoms with E-state index in [1.54, 1.807) is 0 Å². The molecule has 2 amide bonds. The lowest BCUT2D eigenvalue weighted by molar-refractivity contribution is 0.187. The SMILES string of the molecule is CC(C)c1cccc(C(C)C)c1NC(=O)N1CCC[C@@H](c2nc3ccccc3o2)C1. The van der Waals surface area contributed by atoms with Gasteiger partial charge >= 0.3 is 6.03 Å². The number of aromatic nitrogens is 1. The second kappa shape index (κ2) is 8.50. The summed E-state index contributed by atoms with van der Waals surface area (Å²) >= 11 is 0. The van der Waals surface area contributed by atoms with Crippen LogP contribution in [0.25, 0.3) is 11.1 Å². The summed E-state index contributed by atoms with van der Waals surface area (Å²) in [5, 5.41) is 3.25. The van der Waals surface area contributed by atoms with E-state index in [9.17, 15) is 4.79 Å². The number of nitrogens with zero attached hydrogens (tertiary/aromatic N) is 2. The molecular weight excluding hydrogens is 374 g/mol. The lowest BCUT2D eigenvalue weighted by Crippen LogP contribution is -2.42. The highest BCUT2D eigenvalue weighted by Gasteiger charge is 2.29. The Labute approximate surface area is 178 Å². The number of likely N-dealkylation sites (tertiary alicyclic amines) is 1. The summed E-state index contributed by atoms with van der Waals surface area (Å²) in [6, 6.07) is 14.1. The van der Waals surface area contributed by atoms with E-state index in [2.05, 4.69) is 56.2 Å². The molecule has 1 aliphatic rings. The molecule has 5 nitrogen and oxygen atoms in total. The molecule has 5 heteroatoms. The molecule has 4 rings (SSSR count). The molecule has 0 aliphatic carbocycles. The topological polar surface area (TPSA) is 58.4 Å². The van der Waals surface area contributed by atoms with E-state index in [1.165, 1.54) is 11.1 Å². The van der Waals surface area contributed by atoms with E-state index in [-0.39, 0.29) is 11.9 Å². The minimum atomic E-state index is -0.0363. The number of para-hydroxylation sites is 3. The lowest BCUT2D eigenvalue weighted by Gasteiger charge is -2.32. The number of piperidine rings is 1. The van der Waals surface area contributed by atoms with Crippen LogP contribution < -0.4 is 5.32 Å². The normalized spacial score (nSPS) is 17.1. The number of urea groups is 1. The average Bonchev–Trinajstić information content (AvgIpc) is 3.18. The first kappa shape index (κ1) is 20.5. The number of nitrogens with one attached hydrogen (secondary N) is 1. The van der Waals surface area contributed by atoms with Gasteiger partial charge in [0.15, 0.2) is 11.5 Å². The summed E-state index contributed by atoms with van der Waals surface area (Å²) in [4.78, 5) is 19.8. The lowest BCUT2D eigenvalue weighted by atomic mass is 9.92. The summed E-state index contributed by atoms with van der Waals surface area (Å²) < 4.78 is 5.99. The van der Waals surface area contributed by atoms with Crippen LogP contribution in [0.3, 0.4) is 0 Å². The Bertz CT molecular complexity index is 979. The second-order valence-corrected chi connectivity index (χ2v) is 8.86. The number of hydrogen-bond donors (Lipinski definition) is 1. The maximum atomic E-state index is 13.2. The van der Waals surface area contributed by atoms with Gasteiger partial charge in [0.2, 0.25) is 0 Å². The van der Waals surface area contributed by atoms with Gasteiger partial charge in [-0.25, -0.2) is 9.78 Å². The molecule has 1 atom stereocenters. The molecular formula is C25H31N3O2. The summed E-state index contributed by atoms with van der Waals surface area (Å²) in [5.41, 5.74) is 5.02. The molecule has 1 fully saturated rings. The first-order valence-corrected chi connectivity index (χ1v) is 11.0. The minimum Gasteiger partial charge on any atom is -0.440 e. The molecule has 0 spiro atoms. The molecule has 1 aromatic heterocycles. The van der Waals surface area contributed by atoms with Gasteiger partial charge in [-0.3, -0.25) is 0 Å². The van der Waals surface area contributed by atoms with Crippen molar-refractivity contribution < 1.29 is 9.21 Å². The molecule has 1 saturated heterocycles. The van der Waals surface area contributed by atoms with E-state index >= 15 is 0 Å². The van der Waals surface area contributed by atoms with Crippen LogP contribution in [0.1, 0.15) is 75.3 Å². The Balaban J connectivity index is 1.54. The quantitative estimate of drug-likeness (QED) is 0.540. The highest BCUT2D eigenvalue weighted by molar-refractivity contribution is 5.91. The van der Waals surface area contributed by atoms with Gasteiger partial charge in [-0.2, -0.15) is 0 Å². The van der Waals surface area contributed by atoms with Crippen LogP contribution in [0.5, 0.6) is 0 Å². The summed E-state index contributed by atoms with van der Waals surface area (Å²) in [6.07, 6.45) is 1.93. The van der Waals surface area contributed by atoms with Crippen LogP contribution in [0.4, 0.5) is 10.5 Å². The number of carbonyl (C=O) groups is 1. The van der Waals surface area contributed by atoms with E-state index in [4.69, 9.17) is 4.42 Å². The van der Waals surface area contributed by atoms with Gasteiger partial charge < -0.3 is 14.6 Å². The molecule has 30 heavy (non-hydrogen) atoms. The predicted molar refractivity (Wildman–Crippen MR) is 121 cm³/mol. The maximum absolute atomic E-state index is 13.2. The molecule has 0 unspecified atom stereocenters. The van der Waals surface area contributed by atoms with Crippen molar-refractivity contribution in [2.75, 3.05) is 18.4 Å². The van der Waals surface area contributed by atoms with E-state index < -0.39 is 0 Å². The van der Waals surface area contributed by atoms with Gasteiger partial charge in [0.1, 0.15) is 5.52 Å². The highest BCUT2D eigenvalue weighted by atomic mass is 16.3. The van der Waals surface area contributed by atoms with E-state index in [1.807, 2.05) is 29.2 Å². The zero-order valence-electron chi connectivity index (χ0n) is 18.3. The Kier molecular flexibility index (Phi) is 5.80. The van der Waals surface area contributed by atoms with Crippen molar-refractivity contribution in [2.45, 2.75) is 58.3 Å². The summed E-state index contributed by atoms with van der Waals surface area (Å²) in [6.45, 7) is 10.0.